The predicted molar refractivity (Wildman–Crippen MR) is 58.1 cm³/mol. The van der Waals surface area contributed by atoms with Crippen LogP contribution in [0.25, 0.3) is 0 Å². The van der Waals surface area contributed by atoms with E-state index in [0.717, 1.165) is 12.8 Å². The monoisotopic (exact) mass is 324 g/mol. The number of ether oxygens (including phenoxy) is 1. The van der Waals surface area contributed by atoms with Crippen molar-refractivity contribution in [3.63, 3.8) is 0 Å². The minimum atomic E-state index is -3.10. The molecule has 0 bridgehead atoms. The topological polar surface area (TPSA) is 52.6 Å². The molecule has 0 atom stereocenters. The second kappa shape index (κ2) is 10.4. The summed E-state index contributed by atoms with van der Waals surface area (Å²) in [5, 5.41) is 0. The zero-order valence-electron chi connectivity index (χ0n) is 9.58. The van der Waals surface area contributed by atoms with E-state index in [1.807, 2.05) is 0 Å². The van der Waals surface area contributed by atoms with Crippen LogP contribution in [-0.2, 0) is 10.9 Å². The number of hydrogen-bond donors (Lipinski definition) is 0. The number of carbonyl (C=O) groups excluding carboxylic acids is 1. The van der Waals surface area contributed by atoms with Gasteiger partial charge in [0, 0.05) is 0 Å². The van der Waals surface area contributed by atoms with Gasteiger partial charge in [0.1, 0.15) is 0 Å². The van der Waals surface area contributed by atoms with Gasteiger partial charge in [-0.2, -0.15) is 0 Å². The third-order valence-electron chi connectivity index (χ3n) is 2.10. The van der Waals surface area contributed by atoms with Gasteiger partial charge < -0.3 is 0 Å². The Morgan fingerprint density at radius 3 is 2.33 bits per heavy atom. The standard InChI is InChI=1S/C8H17.C2H4O3.O.Sn/c1-3-5-7-8-6-4-2;1-5-2(3)4;;/h1,3-8H2,2H3;1H3,(H,3,4);;/q;;;+1/p-1. The summed E-state index contributed by atoms with van der Waals surface area (Å²) >= 11 is -3.10. The maximum atomic E-state index is 11.3. The fourth-order valence-corrected chi connectivity index (χ4v) is 3.83. The van der Waals surface area contributed by atoms with Gasteiger partial charge in [-0.05, 0) is 0 Å². The number of unbranched alkanes of at least 4 members (excludes halogenated alkanes) is 5. The molecule has 0 aromatic heterocycles. The van der Waals surface area contributed by atoms with Crippen LogP contribution in [0.5, 0.6) is 0 Å². The van der Waals surface area contributed by atoms with Crippen LogP contribution in [0, 0.1) is 0 Å². The Kier molecular flexibility index (Phi) is 10.3. The van der Waals surface area contributed by atoms with E-state index in [-0.39, 0.29) is 0 Å². The van der Waals surface area contributed by atoms with Gasteiger partial charge in [0.05, 0.1) is 0 Å². The van der Waals surface area contributed by atoms with Crippen LogP contribution in [0.15, 0.2) is 0 Å². The molecule has 15 heavy (non-hydrogen) atoms. The first-order valence-electron chi connectivity index (χ1n) is 5.49. The fourth-order valence-electron chi connectivity index (χ4n) is 1.24. The van der Waals surface area contributed by atoms with E-state index in [2.05, 4.69) is 14.7 Å². The second-order valence-corrected chi connectivity index (χ2v) is 7.58. The van der Waals surface area contributed by atoms with Crippen LogP contribution in [-0.4, -0.2) is 33.4 Å². The van der Waals surface area contributed by atoms with Crippen molar-refractivity contribution in [2.75, 3.05) is 7.11 Å². The van der Waals surface area contributed by atoms with Crippen LogP contribution in [0.2, 0.25) is 4.44 Å². The summed E-state index contributed by atoms with van der Waals surface area (Å²) in [4.78, 5) is 10.6. The summed E-state index contributed by atoms with van der Waals surface area (Å²) in [6.45, 7) is 2.17. The van der Waals surface area contributed by atoms with Crippen molar-refractivity contribution >= 4 is 26.3 Å². The van der Waals surface area contributed by atoms with Crippen molar-refractivity contribution < 1.29 is 15.7 Å². The summed E-state index contributed by atoms with van der Waals surface area (Å²) in [5.74, 6) is 0. The Bertz CT molecular complexity index is 194. The molecule has 0 unspecified atom stereocenters. The molecule has 0 radical (unpaired) electrons. The first-order chi connectivity index (χ1) is 7.20. The molecule has 4 nitrogen and oxygen atoms in total. The Morgan fingerprint density at radius 2 is 1.73 bits per heavy atom. The molecule has 0 heterocycles. The average Bonchev–Trinajstić information content (AvgIpc) is 2.23. The summed E-state index contributed by atoms with van der Waals surface area (Å²) in [7, 11) is 1.23. The van der Waals surface area contributed by atoms with E-state index in [0.29, 0.717) is 4.44 Å². The van der Waals surface area contributed by atoms with E-state index in [9.17, 15) is 7.87 Å². The molecule has 0 aliphatic heterocycles. The van der Waals surface area contributed by atoms with E-state index >= 15 is 0 Å². The molecule has 0 saturated heterocycles. The number of carbonyl (C=O) groups is 1. The number of hydrogen-bond acceptors (Lipinski definition) is 4. The van der Waals surface area contributed by atoms with Gasteiger partial charge in [-0.1, -0.05) is 0 Å². The van der Waals surface area contributed by atoms with E-state index in [4.69, 9.17) is 0 Å². The molecule has 88 valence electrons. The quantitative estimate of drug-likeness (QED) is 0.391. The first kappa shape index (κ1) is 14.9. The number of rotatable bonds is 8. The molecule has 0 aliphatic rings. The molecule has 0 rings (SSSR count). The molecule has 0 aliphatic carbocycles. The van der Waals surface area contributed by atoms with Crippen molar-refractivity contribution in [1.82, 2.24) is 0 Å². The molecule has 0 saturated carbocycles. The fraction of sp³-hybridized carbons (Fsp3) is 0.900. The maximum absolute atomic E-state index is 11.3. The Labute approximate surface area is 99.0 Å². The van der Waals surface area contributed by atoms with Crippen molar-refractivity contribution in [1.29, 1.82) is 0 Å². The molecule has 0 spiro atoms. The van der Waals surface area contributed by atoms with Crippen LogP contribution < -0.4 is 0 Å². The molecular weight excluding hydrogens is 303 g/mol. The van der Waals surface area contributed by atoms with Crippen molar-refractivity contribution in [3.05, 3.63) is 0 Å². The Hall–Kier alpha value is -0.131. The molecule has 5 heteroatoms. The Balaban J connectivity index is 3.28. The summed E-state index contributed by atoms with van der Waals surface area (Å²) in [6, 6.07) is 0. The van der Waals surface area contributed by atoms with Crippen LogP contribution >= 0.6 is 0 Å². The van der Waals surface area contributed by atoms with Crippen LogP contribution in [0.4, 0.5) is 4.79 Å². The third kappa shape index (κ3) is 10.2. The zero-order chi connectivity index (χ0) is 11.5. The van der Waals surface area contributed by atoms with Gasteiger partial charge >= 0.3 is 99.0 Å². The molecule has 0 aromatic carbocycles. The molecule has 0 N–H and O–H groups in total. The van der Waals surface area contributed by atoms with Gasteiger partial charge in [-0.15, -0.1) is 0 Å². The summed E-state index contributed by atoms with van der Waals surface area (Å²) in [6.07, 6.45) is 6.10. The van der Waals surface area contributed by atoms with Crippen molar-refractivity contribution in [3.8, 4) is 0 Å². The van der Waals surface area contributed by atoms with E-state index < -0.39 is 26.3 Å². The summed E-state index contributed by atoms with van der Waals surface area (Å²) in [5.41, 5.74) is 0. The van der Waals surface area contributed by atoms with Gasteiger partial charge in [-0.25, -0.2) is 0 Å². The third-order valence-corrected chi connectivity index (χ3v) is 5.40. The van der Waals surface area contributed by atoms with Crippen molar-refractivity contribution in [2.24, 2.45) is 0 Å². The van der Waals surface area contributed by atoms with Gasteiger partial charge in [0.15, 0.2) is 0 Å². The van der Waals surface area contributed by atoms with Crippen molar-refractivity contribution in [2.45, 2.75) is 49.9 Å². The molecule has 0 amide bonds. The van der Waals surface area contributed by atoms with Crippen LogP contribution in [0.3, 0.4) is 0 Å². The zero-order valence-corrected chi connectivity index (χ0v) is 12.4. The average molecular weight is 323 g/mol. The molecule has 0 fully saturated rings. The van der Waals surface area contributed by atoms with Gasteiger partial charge in [0.2, 0.25) is 0 Å². The predicted octanol–water partition coefficient (Wildman–Crippen LogP) is 3.05. The van der Waals surface area contributed by atoms with E-state index in [1.165, 1.54) is 32.8 Å². The molecular formula is C10H20O4Sn. The van der Waals surface area contributed by atoms with Crippen LogP contribution in [0.1, 0.15) is 45.4 Å². The SMILES string of the molecule is CCCCCCC[CH2][Sn](=[O])[O]C(=O)OC. The van der Waals surface area contributed by atoms with Gasteiger partial charge in [0.25, 0.3) is 0 Å². The second-order valence-electron chi connectivity index (χ2n) is 3.45. The molecule has 0 aromatic rings. The minimum absolute atomic E-state index is 0.573. The summed E-state index contributed by atoms with van der Waals surface area (Å²) < 4.78 is 20.7. The number of methoxy groups -OCH3 is 1. The normalized spacial score (nSPS) is 9.73. The first-order valence-corrected chi connectivity index (χ1v) is 9.84. The van der Waals surface area contributed by atoms with Gasteiger partial charge in [-0.3, -0.25) is 0 Å². The Morgan fingerprint density at radius 1 is 1.13 bits per heavy atom. The van der Waals surface area contributed by atoms with E-state index in [1.54, 1.807) is 0 Å².